The van der Waals surface area contributed by atoms with Crippen LogP contribution >= 0.6 is 0 Å². The fourth-order valence-electron chi connectivity index (χ4n) is 2.27. The zero-order valence-corrected chi connectivity index (χ0v) is 15.0. The quantitative estimate of drug-likeness (QED) is 0.402. The summed E-state index contributed by atoms with van der Waals surface area (Å²) in [5.74, 6) is 2.21. The van der Waals surface area contributed by atoms with Gasteiger partial charge in [0, 0.05) is 20.1 Å². The van der Waals surface area contributed by atoms with Crippen molar-refractivity contribution in [1.29, 1.82) is 0 Å². The van der Waals surface area contributed by atoms with Crippen LogP contribution in [0.2, 0.25) is 0 Å². The number of hydrogen-bond donors (Lipinski definition) is 3. The molecule has 2 aromatic rings. The van der Waals surface area contributed by atoms with Gasteiger partial charge in [-0.2, -0.15) is 0 Å². The number of aliphatic imine (C=N–C) groups is 1. The van der Waals surface area contributed by atoms with Crippen LogP contribution in [0.1, 0.15) is 28.9 Å². The molecule has 134 valence electrons. The smallest absolute Gasteiger partial charge is 0.192 e. The summed E-state index contributed by atoms with van der Waals surface area (Å²) in [5, 5.41) is 24.8. The zero-order chi connectivity index (χ0) is 18.2. The second kappa shape index (κ2) is 8.98. The average molecular weight is 342 g/mol. The molecule has 7 nitrogen and oxygen atoms in total. The lowest BCUT2D eigenvalue weighted by molar-refractivity contribution is 0.181. The third-order valence-electron chi connectivity index (χ3n) is 3.86. The summed E-state index contributed by atoms with van der Waals surface area (Å²) in [7, 11) is 1.91. The van der Waals surface area contributed by atoms with Crippen molar-refractivity contribution in [3.05, 3.63) is 59.7 Å². The summed E-state index contributed by atoms with van der Waals surface area (Å²) in [4.78, 5) is 4.50. The normalized spacial score (nSPS) is 12.7. The molecule has 3 N–H and O–H groups in total. The Bertz CT molecular complexity index is 737. The molecule has 0 bridgehead atoms. The number of benzene rings is 1. The lowest BCUT2D eigenvalue weighted by Crippen LogP contribution is -2.39. The molecule has 0 saturated heterocycles. The van der Waals surface area contributed by atoms with Gasteiger partial charge in [-0.25, -0.2) is 4.99 Å². The first-order valence-corrected chi connectivity index (χ1v) is 8.24. The number of aryl methyl sites for hydroxylation is 2. The number of hydrogen-bond acceptors (Lipinski definition) is 4. The topological polar surface area (TPSA) is 87.4 Å². The Morgan fingerprint density at radius 2 is 2.16 bits per heavy atom. The van der Waals surface area contributed by atoms with Crippen LogP contribution in [0.4, 0.5) is 0 Å². The Morgan fingerprint density at radius 3 is 2.80 bits per heavy atom. The first-order valence-electron chi connectivity index (χ1n) is 8.24. The van der Waals surface area contributed by atoms with Crippen molar-refractivity contribution in [2.45, 2.75) is 26.5 Å². The van der Waals surface area contributed by atoms with Gasteiger partial charge in [-0.3, -0.25) is 0 Å². The summed E-state index contributed by atoms with van der Waals surface area (Å²) >= 11 is 0. The maximum Gasteiger partial charge on any atom is 0.192 e. The lowest BCUT2D eigenvalue weighted by atomic mass is 10.1. The molecule has 1 unspecified atom stereocenters. The number of nitrogens with one attached hydrogen (secondary N) is 2. The monoisotopic (exact) mass is 342 g/mol. The van der Waals surface area contributed by atoms with Gasteiger partial charge < -0.3 is 20.3 Å². The van der Waals surface area contributed by atoms with Crippen LogP contribution in [-0.4, -0.2) is 38.9 Å². The van der Waals surface area contributed by atoms with Crippen molar-refractivity contribution in [1.82, 2.24) is 25.4 Å². The summed E-state index contributed by atoms with van der Waals surface area (Å²) < 4.78 is 1.90. The Morgan fingerprint density at radius 1 is 1.36 bits per heavy atom. The molecular formula is C18H26N6O. The molecule has 1 heterocycles. The van der Waals surface area contributed by atoms with E-state index < -0.39 is 6.10 Å². The molecule has 1 aromatic heterocycles. The highest BCUT2D eigenvalue weighted by Crippen LogP contribution is 2.13. The highest BCUT2D eigenvalue weighted by atomic mass is 16.3. The van der Waals surface area contributed by atoms with Crippen molar-refractivity contribution < 1.29 is 5.11 Å². The second-order valence-electron chi connectivity index (χ2n) is 5.87. The van der Waals surface area contributed by atoms with E-state index in [1.807, 2.05) is 49.7 Å². The van der Waals surface area contributed by atoms with Crippen LogP contribution in [-0.2, 0) is 13.6 Å². The number of aromatic nitrogens is 3. The largest absolute Gasteiger partial charge is 0.387 e. The van der Waals surface area contributed by atoms with Crippen molar-refractivity contribution in [2.75, 3.05) is 13.1 Å². The fraction of sp³-hybridized carbons (Fsp3) is 0.389. The van der Waals surface area contributed by atoms with E-state index in [1.54, 1.807) is 6.08 Å². The van der Waals surface area contributed by atoms with E-state index in [4.69, 9.17) is 0 Å². The van der Waals surface area contributed by atoms with Crippen LogP contribution in [0, 0.1) is 13.8 Å². The lowest BCUT2D eigenvalue weighted by Gasteiger charge is -2.16. The molecule has 0 aliphatic rings. The minimum absolute atomic E-state index is 0.351. The van der Waals surface area contributed by atoms with E-state index in [2.05, 4.69) is 32.4 Å². The van der Waals surface area contributed by atoms with E-state index in [9.17, 15) is 5.11 Å². The summed E-state index contributed by atoms with van der Waals surface area (Å²) in [5.41, 5.74) is 1.99. The van der Waals surface area contributed by atoms with Crippen LogP contribution in [0.15, 0.2) is 41.9 Å². The zero-order valence-electron chi connectivity index (χ0n) is 15.0. The van der Waals surface area contributed by atoms with E-state index in [0.29, 0.717) is 25.6 Å². The first-order chi connectivity index (χ1) is 12.0. The van der Waals surface area contributed by atoms with Gasteiger partial charge in [-0.05, 0) is 19.4 Å². The van der Waals surface area contributed by atoms with Crippen molar-refractivity contribution in [2.24, 2.45) is 12.0 Å². The Hall–Kier alpha value is -2.67. The predicted octanol–water partition coefficient (Wildman–Crippen LogP) is 1.39. The maximum atomic E-state index is 10.4. The van der Waals surface area contributed by atoms with Crippen LogP contribution < -0.4 is 10.6 Å². The summed E-state index contributed by atoms with van der Waals surface area (Å²) in [6.07, 6.45) is 1.13. The number of guanidine groups is 1. The number of aliphatic hydroxyl groups excluding tert-OH is 1. The third-order valence-corrected chi connectivity index (χ3v) is 3.86. The molecule has 2 rings (SSSR count). The highest BCUT2D eigenvalue weighted by molar-refractivity contribution is 5.79. The standard InChI is InChI=1S/C18H26N6O/c1-5-9-19-18(21-12-17-23-22-14(3)24(17)4)20-11-16(25)15-8-6-7-13(2)10-15/h5-8,10,16,25H,1,9,11-12H2,2-4H3,(H2,19,20,21). The predicted molar refractivity (Wildman–Crippen MR) is 99.2 cm³/mol. The van der Waals surface area contributed by atoms with Crippen LogP contribution in [0.5, 0.6) is 0 Å². The van der Waals surface area contributed by atoms with Crippen LogP contribution in [0.3, 0.4) is 0 Å². The number of rotatable bonds is 7. The van der Waals surface area contributed by atoms with Gasteiger partial charge in [-0.15, -0.1) is 16.8 Å². The van der Waals surface area contributed by atoms with Gasteiger partial charge in [0.05, 0.1) is 6.10 Å². The van der Waals surface area contributed by atoms with E-state index >= 15 is 0 Å². The van der Waals surface area contributed by atoms with Gasteiger partial charge in [-0.1, -0.05) is 35.9 Å². The van der Waals surface area contributed by atoms with Crippen molar-refractivity contribution >= 4 is 5.96 Å². The Balaban J connectivity index is 2.00. The van der Waals surface area contributed by atoms with Gasteiger partial charge >= 0.3 is 0 Å². The third kappa shape index (κ3) is 5.42. The molecule has 0 fully saturated rings. The molecule has 0 spiro atoms. The minimum atomic E-state index is -0.618. The number of aliphatic hydroxyl groups is 1. The molecule has 0 amide bonds. The van der Waals surface area contributed by atoms with Crippen molar-refractivity contribution in [3.8, 4) is 0 Å². The molecule has 0 aliphatic heterocycles. The summed E-state index contributed by atoms with van der Waals surface area (Å²) in [6, 6.07) is 7.83. The average Bonchev–Trinajstić information content (AvgIpc) is 2.92. The fourth-order valence-corrected chi connectivity index (χ4v) is 2.27. The van der Waals surface area contributed by atoms with E-state index in [0.717, 1.165) is 22.8 Å². The highest BCUT2D eigenvalue weighted by Gasteiger charge is 2.09. The van der Waals surface area contributed by atoms with E-state index in [-0.39, 0.29) is 0 Å². The molecule has 0 aliphatic carbocycles. The summed E-state index contributed by atoms with van der Waals surface area (Å²) in [6.45, 7) is 8.92. The Labute approximate surface area is 148 Å². The first kappa shape index (κ1) is 18.7. The maximum absolute atomic E-state index is 10.4. The second-order valence-corrected chi connectivity index (χ2v) is 5.87. The van der Waals surface area contributed by atoms with Crippen molar-refractivity contribution in [3.63, 3.8) is 0 Å². The molecule has 7 heteroatoms. The number of nitrogens with zero attached hydrogens (tertiary/aromatic N) is 4. The molecule has 1 atom stereocenters. The SMILES string of the molecule is C=CCNC(=NCc1nnc(C)n1C)NCC(O)c1cccc(C)c1. The van der Waals surface area contributed by atoms with Gasteiger partial charge in [0.25, 0.3) is 0 Å². The molecule has 25 heavy (non-hydrogen) atoms. The van der Waals surface area contributed by atoms with E-state index in [1.165, 1.54) is 0 Å². The van der Waals surface area contributed by atoms with Gasteiger partial charge in [0.2, 0.25) is 0 Å². The molecule has 0 radical (unpaired) electrons. The molecule has 1 aromatic carbocycles. The van der Waals surface area contributed by atoms with Gasteiger partial charge in [0.1, 0.15) is 12.4 Å². The van der Waals surface area contributed by atoms with Gasteiger partial charge in [0.15, 0.2) is 11.8 Å². The molecular weight excluding hydrogens is 316 g/mol. The Kier molecular flexibility index (Phi) is 6.71. The van der Waals surface area contributed by atoms with Crippen LogP contribution in [0.25, 0.3) is 0 Å². The molecule has 0 saturated carbocycles. The minimum Gasteiger partial charge on any atom is -0.387 e.